The van der Waals surface area contributed by atoms with E-state index in [0.29, 0.717) is 12.5 Å². The van der Waals surface area contributed by atoms with Gasteiger partial charge in [-0.25, -0.2) is 4.98 Å². The summed E-state index contributed by atoms with van der Waals surface area (Å²) in [6.45, 7) is 2.45. The SMILES string of the molecule is O=C(NCCC1CCNC1)c1cc(Cl)ncc1[N+](=O)[O-]. The van der Waals surface area contributed by atoms with Crippen LogP contribution in [-0.2, 0) is 0 Å². The van der Waals surface area contributed by atoms with Gasteiger partial charge in [0.25, 0.3) is 11.6 Å². The van der Waals surface area contributed by atoms with Gasteiger partial charge >= 0.3 is 0 Å². The van der Waals surface area contributed by atoms with Crippen LogP contribution in [0.4, 0.5) is 5.69 Å². The van der Waals surface area contributed by atoms with Crippen molar-refractivity contribution in [1.29, 1.82) is 0 Å². The smallest absolute Gasteiger partial charge is 0.300 e. The quantitative estimate of drug-likeness (QED) is 0.486. The maximum absolute atomic E-state index is 12.0. The molecule has 1 aromatic heterocycles. The van der Waals surface area contributed by atoms with Crippen LogP contribution in [0.15, 0.2) is 12.3 Å². The van der Waals surface area contributed by atoms with Crippen LogP contribution < -0.4 is 10.6 Å². The second-order valence-electron chi connectivity index (χ2n) is 4.68. The first kappa shape index (κ1) is 14.7. The summed E-state index contributed by atoms with van der Waals surface area (Å²) in [5.41, 5.74) is -0.394. The number of amides is 1. The predicted octanol–water partition coefficient (Wildman–Crippen LogP) is 1.37. The second-order valence-corrected chi connectivity index (χ2v) is 5.07. The number of aromatic nitrogens is 1. The molecule has 0 radical (unpaired) electrons. The lowest BCUT2D eigenvalue weighted by atomic mass is 10.1. The van der Waals surface area contributed by atoms with E-state index in [0.717, 1.165) is 32.1 Å². The van der Waals surface area contributed by atoms with Crippen molar-refractivity contribution in [1.82, 2.24) is 15.6 Å². The lowest BCUT2D eigenvalue weighted by Crippen LogP contribution is -2.27. The Morgan fingerprint density at radius 3 is 3.10 bits per heavy atom. The molecule has 0 spiro atoms. The molecule has 1 amide bonds. The van der Waals surface area contributed by atoms with Crippen molar-refractivity contribution in [2.24, 2.45) is 5.92 Å². The Labute approximate surface area is 120 Å². The van der Waals surface area contributed by atoms with Gasteiger partial charge in [-0.1, -0.05) is 11.6 Å². The molecule has 2 rings (SSSR count). The van der Waals surface area contributed by atoms with Gasteiger partial charge in [0.1, 0.15) is 16.9 Å². The lowest BCUT2D eigenvalue weighted by Gasteiger charge is -2.09. The maximum atomic E-state index is 12.0. The summed E-state index contributed by atoms with van der Waals surface area (Å²) < 4.78 is 0. The molecule has 0 aromatic carbocycles. The van der Waals surface area contributed by atoms with Gasteiger partial charge in [0, 0.05) is 6.54 Å². The molecule has 0 aliphatic carbocycles. The number of hydrogen-bond acceptors (Lipinski definition) is 5. The van der Waals surface area contributed by atoms with Gasteiger partial charge in [0.15, 0.2) is 0 Å². The topological polar surface area (TPSA) is 97.2 Å². The highest BCUT2D eigenvalue weighted by Crippen LogP contribution is 2.20. The Balaban J connectivity index is 1.97. The number of hydrogen-bond donors (Lipinski definition) is 2. The zero-order chi connectivity index (χ0) is 14.5. The molecule has 1 unspecified atom stereocenters. The number of carbonyl (C=O) groups excluding carboxylic acids is 1. The van der Waals surface area contributed by atoms with Crippen LogP contribution in [0.25, 0.3) is 0 Å². The lowest BCUT2D eigenvalue weighted by molar-refractivity contribution is -0.385. The van der Waals surface area contributed by atoms with Gasteiger partial charge < -0.3 is 10.6 Å². The predicted molar refractivity (Wildman–Crippen MR) is 73.8 cm³/mol. The van der Waals surface area contributed by atoms with Crippen molar-refractivity contribution in [2.75, 3.05) is 19.6 Å². The highest BCUT2D eigenvalue weighted by molar-refractivity contribution is 6.29. The summed E-state index contributed by atoms with van der Waals surface area (Å²) in [6.07, 6.45) is 2.95. The summed E-state index contributed by atoms with van der Waals surface area (Å²) in [6, 6.07) is 1.21. The van der Waals surface area contributed by atoms with Crippen LogP contribution in [0.5, 0.6) is 0 Å². The van der Waals surface area contributed by atoms with Crippen LogP contribution in [0.3, 0.4) is 0 Å². The van der Waals surface area contributed by atoms with Gasteiger partial charge in [0.2, 0.25) is 0 Å². The van der Waals surface area contributed by atoms with E-state index in [1.54, 1.807) is 0 Å². The van der Waals surface area contributed by atoms with Crippen LogP contribution >= 0.6 is 11.6 Å². The van der Waals surface area contributed by atoms with Crippen molar-refractivity contribution in [3.63, 3.8) is 0 Å². The molecule has 1 aromatic rings. The van der Waals surface area contributed by atoms with Gasteiger partial charge in [-0.3, -0.25) is 14.9 Å². The first-order chi connectivity index (χ1) is 9.58. The normalized spacial score (nSPS) is 17.9. The molecule has 2 heterocycles. The molecular weight excluding hydrogens is 284 g/mol. The Hall–Kier alpha value is -1.73. The minimum atomic E-state index is -0.640. The third-order valence-corrected chi connectivity index (χ3v) is 3.50. The standard InChI is InChI=1S/C12H15ClN4O3/c13-11-5-9(10(7-16-11)17(19)20)12(18)15-4-2-8-1-3-14-6-8/h5,7-8,14H,1-4,6H2,(H,15,18). The van der Waals surface area contributed by atoms with Crippen molar-refractivity contribution in [2.45, 2.75) is 12.8 Å². The Morgan fingerprint density at radius 1 is 1.65 bits per heavy atom. The highest BCUT2D eigenvalue weighted by Gasteiger charge is 2.21. The molecule has 0 bridgehead atoms. The van der Waals surface area contributed by atoms with E-state index in [1.165, 1.54) is 6.07 Å². The number of nitro groups is 1. The van der Waals surface area contributed by atoms with Crippen molar-refractivity contribution < 1.29 is 9.72 Å². The fraction of sp³-hybridized carbons (Fsp3) is 0.500. The van der Waals surface area contributed by atoms with E-state index in [1.807, 2.05) is 0 Å². The molecule has 1 aliphatic rings. The third-order valence-electron chi connectivity index (χ3n) is 3.29. The molecule has 20 heavy (non-hydrogen) atoms. The van der Waals surface area contributed by atoms with E-state index < -0.39 is 10.8 Å². The number of rotatable bonds is 5. The minimum Gasteiger partial charge on any atom is -0.352 e. The van der Waals surface area contributed by atoms with E-state index >= 15 is 0 Å². The molecule has 0 saturated carbocycles. The number of pyridine rings is 1. The number of nitrogens with one attached hydrogen (secondary N) is 2. The zero-order valence-corrected chi connectivity index (χ0v) is 11.5. The fourth-order valence-corrected chi connectivity index (χ4v) is 2.35. The summed E-state index contributed by atoms with van der Waals surface area (Å²) in [5, 5.41) is 16.8. The number of nitrogens with zero attached hydrogens (tertiary/aromatic N) is 2. The molecule has 1 atom stereocenters. The molecule has 1 fully saturated rings. The zero-order valence-electron chi connectivity index (χ0n) is 10.8. The summed E-state index contributed by atoms with van der Waals surface area (Å²) in [4.78, 5) is 25.8. The minimum absolute atomic E-state index is 0.0560. The van der Waals surface area contributed by atoms with Crippen molar-refractivity contribution >= 4 is 23.2 Å². The highest BCUT2D eigenvalue weighted by atomic mass is 35.5. The first-order valence-electron chi connectivity index (χ1n) is 6.37. The third kappa shape index (κ3) is 3.64. The van der Waals surface area contributed by atoms with Crippen molar-refractivity contribution in [3.05, 3.63) is 33.1 Å². The Kier molecular flexibility index (Phi) is 4.86. The fourth-order valence-electron chi connectivity index (χ4n) is 2.20. The Bertz CT molecular complexity index is 517. The van der Waals surface area contributed by atoms with E-state index in [9.17, 15) is 14.9 Å². The largest absolute Gasteiger partial charge is 0.352 e. The molecule has 7 nitrogen and oxygen atoms in total. The van der Waals surface area contributed by atoms with Gasteiger partial charge in [0.05, 0.1) is 4.92 Å². The summed E-state index contributed by atoms with van der Waals surface area (Å²) in [7, 11) is 0. The monoisotopic (exact) mass is 298 g/mol. The van der Waals surface area contributed by atoms with Gasteiger partial charge in [-0.05, 0) is 37.9 Å². The molecule has 2 N–H and O–H groups in total. The van der Waals surface area contributed by atoms with E-state index in [4.69, 9.17) is 11.6 Å². The van der Waals surface area contributed by atoms with E-state index in [2.05, 4.69) is 15.6 Å². The second kappa shape index (κ2) is 6.62. The van der Waals surface area contributed by atoms with Crippen molar-refractivity contribution in [3.8, 4) is 0 Å². The molecular formula is C12H15ClN4O3. The molecule has 1 aliphatic heterocycles. The van der Waals surface area contributed by atoms with Crippen LogP contribution in [0, 0.1) is 16.0 Å². The first-order valence-corrected chi connectivity index (χ1v) is 6.74. The van der Waals surface area contributed by atoms with Crippen LogP contribution in [-0.4, -0.2) is 35.4 Å². The average molecular weight is 299 g/mol. The summed E-state index contributed by atoms with van der Waals surface area (Å²) in [5.74, 6) is 0.0540. The van der Waals surface area contributed by atoms with Crippen LogP contribution in [0.1, 0.15) is 23.2 Å². The van der Waals surface area contributed by atoms with E-state index in [-0.39, 0.29) is 16.4 Å². The molecule has 108 valence electrons. The van der Waals surface area contributed by atoms with Gasteiger partial charge in [-0.15, -0.1) is 0 Å². The number of carbonyl (C=O) groups is 1. The molecule has 1 saturated heterocycles. The Morgan fingerprint density at radius 2 is 2.45 bits per heavy atom. The average Bonchev–Trinajstić information content (AvgIpc) is 2.91. The van der Waals surface area contributed by atoms with Gasteiger partial charge in [-0.2, -0.15) is 0 Å². The molecule has 8 heteroatoms. The van der Waals surface area contributed by atoms with Crippen LogP contribution in [0.2, 0.25) is 5.15 Å². The number of halogens is 1. The maximum Gasteiger partial charge on any atom is 0.300 e. The summed E-state index contributed by atoms with van der Waals surface area (Å²) >= 11 is 5.68.